The first-order chi connectivity index (χ1) is 6.34. The topological polar surface area (TPSA) is 29.3 Å². The van der Waals surface area contributed by atoms with E-state index in [-0.39, 0.29) is 5.50 Å². The van der Waals surface area contributed by atoms with Gasteiger partial charge in [-0.05, 0) is 24.7 Å². The molecular formula is C11H24N2S. The van der Waals surface area contributed by atoms with E-state index in [1.807, 2.05) is 11.9 Å². The summed E-state index contributed by atoms with van der Waals surface area (Å²) >= 11 is 4.17. The predicted molar refractivity (Wildman–Crippen MR) is 67.1 cm³/mol. The van der Waals surface area contributed by atoms with Crippen LogP contribution < -0.4 is 5.73 Å². The first-order valence-corrected chi connectivity index (χ1v) is 5.70. The van der Waals surface area contributed by atoms with Gasteiger partial charge >= 0.3 is 0 Å². The summed E-state index contributed by atoms with van der Waals surface area (Å²) in [4.78, 5) is 1.92. The molecule has 2 N–H and O–H groups in total. The molecule has 0 radical (unpaired) electrons. The second-order valence-electron chi connectivity index (χ2n) is 4.53. The Morgan fingerprint density at radius 3 is 2.29 bits per heavy atom. The van der Waals surface area contributed by atoms with Crippen LogP contribution in [0.4, 0.5) is 0 Å². The molecule has 2 unspecified atom stereocenters. The van der Waals surface area contributed by atoms with Crippen molar-refractivity contribution < 1.29 is 0 Å². The summed E-state index contributed by atoms with van der Waals surface area (Å²) in [7, 11) is 1.93. The molecule has 0 spiro atoms. The monoisotopic (exact) mass is 216 g/mol. The van der Waals surface area contributed by atoms with E-state index in [2.05, 4.69) is 40.0 Å². The molecule has 0 aromatic heterocycles. The molecule has 0 saturated heterocycles. The van der Waals surface area contributed by atoms with E-state index in [9.17, 15) is 0 Å². The van der Waals surface area contributed by atoms with Crippen LogP contribution in [0.1, 0.15) is 33.6 Å². The first-order valence-electron chi connectivity index (χ1n) is 5.18. The lowest BCUT2D eigenvalue weighted by atomic mass is 9.95. The standard InChI is InChI=1S/C11H24N2S/c1-8(2)6-9(3)7-10(4)13(5)11(12)14/h8-9,11,14H,4,6-7,12H2,1-3,5H3. The maximum atomic E-state index is 5.64. The van der Waals surface area contributed by atoms with E-state index >= 15 is 0 Å². The zero-order valence-electron chi connectivity index (χ0n) is 9.83. The molecule has 0 aromatic rings. The van der Waals surface area contributed by atoms with E-state index in [1.54, 1.807) is 0 Å². The summed E-state index contributed by atoms with van der Waals surface area (Å²) in [6, 6.07) is 0. The quantitative estimate of drug-likeness (QED) is 0.528. The van der Waals surface area contributed by atoms with Crippen LogP contribution in [0, 0.1) is 11.8 Å². The minimum atomic E-state index is -0.242. The molecule has 84 valence electrons. The molecule has 0 aromatic carbocycles. The van der Waals surface area contributed by atoms with Gasteiger partial charge in [0, 0.05) is 12.7 Å². The van der Waals surface area contributed by atoms with E-state index < -0.39 is 0 Å². The summed E-state index contributed by atoms with van der Waals surface area (Å²) in [5.41, 5.74) is 6.47. The molecule has 0 aliphatic rings. The SMILES string of the molecule is C=C(CC(C)CC(C)C)N(C)C(N)S. The number of rotatable bonds is 6. The molecule has 0 rings (SSSR count). The predicted octanol–water partition coefficient (Wildman–Crippen LogP) is 2.68. The highest BCUT2D eigenvalue weighted by atomic mass is 32.1. The van der Waals surface area contributed by atoms with Crippen LogP contribution in [0.15, 0.2) is 12.3 Å². The molecule has 0 aliphatic heterocycles. The molecule has 0 bridgehead atoms. The molecule has 0 fully saturated rings. The Hall–Kier alpha value is -0.150. The largest absolute Gasteiger partial charge is 0.355 e. The van der Waals surface area contributed by atoms with Crippen molar-refractivity contribution in [3.63, 3.8) is 0 Å². The lowest BCUT2D eigenvalue weighted by Crippen LogP contribution is -2.33. The molecule has 3 heteroatoms. The van der Waals surface area contributed by atoms with Crippen LogP contribution in [0.2, 0.25) is 0 Å². The summed E-state index contributed by atoms with van der Waals surface area (Å²) in [5.74, 6) is 1.41. The summed E-state index contributed by atoms with van der Waals surface area (Å²) in [6.07, 6.45) is 2.23. The van der Waals surface area contributed by atoms with Crippen LogP contribution >= 0.6 is 12.6 Å². The van der Waals surface area contributed by atoms with E-state index in [1.165, 1.54) is 6.42 Å². The minimum absolute atomic E-state index is 0.242. The van der Waals surface area contributed by atoms with E-state index in [0.29, 0.717) is 5.92 Å². The third kappa shape index (κ3) is 5.55. The van der Waals surface area contributed by atoms with Crippen LogP contribution in [0.3, 0.4) is 0 Å². The van der Waals surface area contributed by atoms with Gasteiger partial charge in [0.15, 0.2) is 0 Å². The van der Waals surface area contributed by atoms with E-state index in [4.69, 9.17) is 5.73 Å². The fraction of sp³-hybridized carbons (Fsp3) is 0.818. The smallest absolute Gasteiger partial charge is 0.122 e. The van der Waals surface area contributed by atoms with Crippen molar-refractivity contribution in [2.75, 3.05) is 7.05 Å². The second kappa shape index (κ2) is 6.36. The van der Waals surface area contributed by atoms with Gasteiger partial charge in [-0.3, -0.25) is 0 Å². The first kappa shape index (κ1) is 13.8. The molecule has 2 nitrogen and oxygen atoms in total. The minimum Gasteiger partial charge on any atom is -0.355 e. The third-order valence-electron chi connectivity index (χ3n) is 2.35. The zero-order chi connectivity index (χ0) is 11.3. The Morgan fingerprint density at radius 1 is 1.43 bits per heavy atom. The zero-order valence-corrected chi connectivity index (χ0v) is 10.7. The van der Waals surface area contributed by atoms with Crippen molar-refractivity contribution in [3.05, 3.63) is 12.3 Å². The van der Waals surface area contributed by atoms with E-state index in [0.717, 1.165) is 18.0 Å². The Morgan fingerprint density at radius 2 is 1.93 bits per heavy atom. The normalized spacial score (nSPS) is 15.4. The number of thiol groups is 1. The van der Waals surface area contributed by atoms with Gasteiger partial charge in [0.25, 0.3) is 0 Å². The Bertz CT molecular complexity index is 178. The van der Waals surface area contributed by atoms with Crippen molar-refractivity contribution in [3.8, 4) is 0 Å². The molecule has 14 heavy (non-hydrogen) atoms. The van der Waals surface area contributed by atoms with Gasteiger partial charge < -0.3 is 10.6 Å². The average molecular weight is 216 g/mol. The number of nitrogens with two attached hydrogens (primary N) is 1. The highest BCUT2D eigenvalue weighted by Gasteiger charge is 2.11. The third-order valence-corrected chi connectivity index (χ3v) is 2.70. The van der Waals surface area contributed by atoms with Crippen LogP contribution in [0.25, 0.3) is 0 Å². The maximum absolute atomic E-state index is 5.64. The lowest BCUT2D eigenvalue weighted by molar-refractivity contribution is 0.346. The highest BCUT2D eigenvalue weighted by Crippen LogP contribution is 2.20. The maximum Gasteiger partial charge on any atom is 0.122 e. The lowest BCUT2D eigenvalue weighted by Gasteiger charge is -2.27. The van der Waals surface area contributed by atoms with Crippen LogP contribution in [-0.2, 0) is 0 Å². The fourth-order valence-corrected chi connectivity index (χ4v) is 1.78. The molecular weight excluding hydrogens is 192 g/mol. The number of nitrogens with zero attached hydrogens (tertiary/aromatic N) is 1. The summed E-state index contributed by atoms with van der Waals surface area (Å²) in [6.45, 7) is 10.8. The van der Waals surface area contributed by atoms with Gasteiger partial charge in [-0.25, -0.2) is 0 Å². The van der Waals surface area contributed by atoms with Crippen molar-refractivity contribution >= 4 is 12.6 Å². The van der Waals surface area contributed by atoms with Crippen molar-refractivity contribution in [1.29, 1.82) is 0 Å². The molecule has 0 amide bonds. The second-order valence-corrected chi connectivity index (χ2v) is 5.06. The molecule has 0 heterocycles. The van der Waals surface area contributed by atoms with Crippen molar-refractivity contribution in [2.45, 2.75) is 39.1 Å². The number of hydrogen-bond acceptors (Lipinski definition) is 3. The fourth-order valence-electron chi connectivity index (χ4n) is 1.62. The highest BCUT2D eigenvalue weighted by molar-refractivity contribution is 7.80. The number of hydrogen-bond donors (Lipinski definition) is 2. The van der Waals surface area contributed by atoms with Gasteiger partial charge in [-0.1, -0.05) is 27.4 Å². The summed E-state index contributed by atoms with van der Waals surface area (Å²) in [5, 5.41) is 0. The molecule has 2 atom stereocenters. The van der Waals surface area contributed by atoms with Crippen molar-refractivity contribution in [1.82, 2.24) is 4.90 Å². The van der Waals surface area contributed by atoms with Gasteiger partial charge in [0.2, 0.25) is 0 Å². The van der Waals surface area contributed by atoms with Gasteiger partial charge in [-0.15, -0.1) is 12.6 Å². The molecule has 0 aliphatic carbocycles. The summed E-state index contributed by atoms with van der Waals surface area (Å²) < 4.78 is 0. The molecule has 0 saturated carbocycles. The van der Waals surface area contributed by atoms with Crippen LogP contribution in [0.5, 0.6) is 0 Å². The number of allylic oxidation sites excluding steroid dienone is 1. The Labute approximate surface area is 94.0 Å². The van der Waals surface area contributed by atoms with Gasteiger partial charge in [-0.2, -0.15) is 0 Å². The Kier molecular flexibility index (Phi) is 6.29. The average Bonchev–Trinajstić information content (AvgIpc) is 2.00. The Balaban J connectivity index is 3.93. The van der Waals surface area contributed by atoms with Gasteiger partial charge in [0.1, 0.15) is 5.50 Å². The van der Waals surface area contributed by atoms with Gasteiger partial charge in [0.05, 0.1) is 0 Å². The van der Waals surface area contributed by atoms with Crippen LogP contribution in [-0.4, -0.2) is 17.4 Å². The van der Waals surface area contributed by atoms with Crippen molar-refractivity contribution in [2.24, 2.45) is 17.6 Å².